The van der Waals surface area contributed by atoms with Crippen LogP contribution in [0.2, 0.25) is 0 Å². The molecule has 2 aromatic rings. The molecule has 7 nitrogen and oxygen atoms in total. The monoisotopic (exact) mass is 328 g/mol. The first kappa shape index (κ1) is 17.5. The van der Waals surface area contributed by atoms with Crippen LogP contribution in [0.25, 0.3) is 0 Å². The lowest BCUT2D eigenvalue weighted by molar-refractivity contribution is 0.252. The van der Waals surface area contributed by atoms with Gasteiger partial charge in [0.25, 0.3) is 0 Å². The summed E-state index contributed by atoms with van der Waals surface area (Å²) in [5.41, 5.74) is 1.84. The molecule has 0 bridgehead atoms. The van der Waals surface area contributed by atoms with E-state index in [0.717, 1.165) is 22.9 Å². The lowest BCUT2D eigenvalue weighted by Gasteiger charge is -2.14. The largest absolute Gasteiger partial charge is 0.368 e. The molecular weight excluding hydrogens is 304 g/mol. The van der Waals surface area contributed by atoms with E-state index in [0.29, 0.717) is 18.9 Å². The number of nitrogens with zero attached hydrogens (tertiary/aromatic N) is 3. The van der Waals surface area contributed by atoms with Crippen molar-refractivity contribution in [2.45, 2.75) is 13.8 Å². The minimum absolute atomic E-state index is 0.223. The first-order chi connectivity index (χ1) is 11.5. The van der Waals surface area contributed by atoms with Gasteiger partial charge >= 0.3 is 6.03 Å². The van der Waals surface area contributed by atoms with Gasteiger partial charge < -0.3 is 20.9 Å². The van der Waals surface area contributed by atoms with Gasteiger partial charge in [-0.25, -0.2) is 14.8 Å². The highest BCUT2D eigenvalue weighted by atomic mass is 16.2. The van der Waals surface area contributed by atoms with Crippen molar-refractivity contribution < 1.29 is 4.79 Å². The summed E-state index contributed by atoms with van der Waals surface area (Å²) in [5, 5.41) is 8.84. The van der Waals surface area contributed by atoms with E-state index in [1.807, 2.05) is 63.2 Å². The van der Waals surface area contributed by atoms with Crippen molar-refractivity contribution >= 4 is 23.4 Å². The molecule has 0 saturated carbocycles. The van der Waals surface area contributed by atoms with Gasteiger partial charge in [0.1, 0.15) is 17.5 Å². The van der Waals surface area contributed by atoms with Crippen molar-refractivity contribution in [3.8, 4) is 0 Å². The third-order valence-corrected chi connectivity index (χ3v) is 3.39. The van der Waals surface area contributed by atoms with Crippen LogP contribution in [-0.2, 0) is 0 Å². The fourth-order valence-corrected chi connectivity index (χ4v) is 2.12. The van der Waals surface area contributed by atoms with Gasteiger partial charge in [0.2, 0.25) is 0 Å². The summed E-state index contributed by atoms with van der Waals surface area (Å²) in [6.07, 6.45) is 0. The van der Waals surface area contributed by atoms with E-state index in [4.69, 9.17) is 0 Å². The summed E-state index contributed by atoms with van der Waals surface area (Å²) in [5.74, 6) is 2.29. The van der Waals surface area contributed by atoms with Crippen molar-refractivity contribution in [2.24, 2.45) is 0 Å². The molecule has 2 amide bonds. The first-order valence-corrected chi connectivity index (χ1v) is 7.83. The molecule has 0 spiro atoms. The number of benzene rings is 1. The van der Waals surface area contributed by atoms with Crippen LogP contribution in [0.3, 0.4) is 0 Å². The van der Waals surface area contributed by atoms with Crippen LogP contribution in [0.5, 0.6) is 0 Å². The van der Waals surface area contributed by atoms with E-state index in [1.54, 1.807) is 0 Å². The number of carbonyl (C=O) groups is 1. The van der Waals surface area contributed by atoms with Crippen LogP contribution < -0.4 is 20.9 Å². The molecular formula is C17H24N6O. The summed E-state index contributed by atoms with van der Waals surface area (Å²) >= 11 is 0. The Bertz CT molecular complexity index is 701. The number of rotatable bonds is 6. The molecule has 0 unspecified atom stereocenters. The molecule has 0 aliphatic carbocycles. The summed E-state index contributed by atoms with van der Waals surface area (Å²) in [6, 6.07) is 9.31. The predicted octanol–water partition coefficient (Wildman–Crippen LogP) is 2.39. The minimum Gasteiger partial charge on any atom is -0.368 e. The molecule has 0 fully saturated rings. The maximum Gasteiger partial charge on any atom is 0.319 e. The fourth-order valence-electron chi connectivity index (χ4n) is 2.12. The van der Waals surface area contributed by atoms with Gasteiger partial charge in [-0.15, -0.1) is 0 Å². The number of para-hydroxylation sites is 1. The number of aryl methyl sites for hydroxylation is 2. The van der Waals surface area contributed by atoms with Crippen molar-refractivity contribution in [2.75, 3.05) is 42.7 Å². The molecule has 3 N–H and O–H groups in total. The second kappa shape index (κ2) is 8.14. The Balaban J connectivity index is 1.79. The molecule has 1 aromatic carbocycles. The third-order valence-electron chi connectivity index (χ3n) is 3.39. The van der Waals surface area contributed by atoms with E-state index >= 15 is 0 Å². The number of anilines is 3. The Kier molecular flexibility index (Phi) is 5.95. The van der Waals surface area contributed by atoms with Gasteiger partial charge in [-0.3, -0.25) is 0 Å². The lowest BCUT2D eigenvalue weighted by atomic mass is 10.2. The first-order valence-electron chi connectivity index (χ1n) is 7.83. The molecule has 0 aliphatic heterocycles. The number of hydrogen-bond donors (Lipinski definition) is 3. The van der Waals surface area contributed by atoms with E-state index in [1.165, 1.54) is 0 Å². The number of hydrogen-bond acceptors (Lipinski definition) is 5. The topological polar surface area (TPSA) is 82.2 Å². The number of carbonyl (C=O) groups excluding carboxylic acids is 1. The molecule has 0 radical (unpaired) electrons. The minimum atomic E-state index is -0.223. The standard InChI is InChI=1S/C17H24N6O/c1-12-7-5-6-8-14(12)22-17(24)19-10-9-18-15-11-16(23(3)4)21-13(2)20-15/h5-8,11H,9-10H2,1-4H3,(H,18,20,21)(H2,19,22,24). The van der Waals surface area contributed by atoms with Gasteiger partial charge in [-0.1, -0.05) is 18.2 Å². The maximum atomic E-state index is 11.9. The molecule has 0 aliphatic rings. The third kappa shape index (κ3) is 5.12. The molecule has 0 atom stereocenters. The van der Waals surface area contributed by atoms with Crippen LogP contribution in [0.1, 0.15) is 11.4 Å². The van der Waals surface area contributed by atoms with Gasteiger partial charge in [0.05, 0.1) is 0 Å². The van der Waals surface area contributed by atoms with Crippen molar-refractivity contribution in [3.05, 3.63) is 41.7 Å². The zero-order valence-corrected chi connectivity index (χ0v) is 14.6. The normalized spacial score (nSPS) is 10.2. The average Bonchev–Trinajstić information content (AvgIpc) is 2.53. The number of aromatic nitrogens is 2. The number of amides is 2. The van der Waals surface area contributed by atoms with Crippen LogP contribution >= 0.6 is 0 Å². The molecule has 2 rings (SSSR count). The van der Waals surface area contributed by atoms with Gasteiger partial charge in [-0.05, 0) is 25.5 Å². The van der Waals surface area contributed by atoms with Crippen LogP contribution in [0, 0.1) is 13.8 Å². The molecule has 1 aromatic heterocycles. The molecule has 7 heteroatoms. The lowest BCUT2D eigenvalue weighted by Crippen LogP contribution is -2.33. The van der Waals surface area contributed by atoms with Crippen molar-refractivity contribution in [1.82, 2.24) is 15.3 Å². The van der Waals surface area contributed by atoms with Crippen molar-refractivity contribution in [1.29, 1.82) is 0 Å². The quantitative estimate of drug-likeness (QED) is 0.709. The fraction of sp³-hybridized carbons (Fsp3) is 0.353. The van der Waals surface area contributed by atoms with Gasteiger partial charge in [0, 0.05) is 38.9 Å². The highest BCUT2D eigenvalue weighted by molar-refractivity contribution is 5.90. The molecule has 24 heavy (non-hydrogen) atoms. The van der Waals surface area contributed by atoms with E-state index in [2.05, 4.69) is 25.9 Å². The summed E-state index contributed by atoms with van der Waals surface area (Å²) < 4.78 is 0. The Labute approximate surface area is 142 Å². The van der Waals surface area contributed by atoms with Crippen LogP contribution in [0.15, 0.2) is 30.3 Å². The highest BCUT2D eigenvalue weighted by Gasteiger charge is 2.05. The van der Waals surface area contributed by atoms with Crippen LogP contribution in [0.4, 0.5) is 22.1 Å². The summed E-state index contributed by atoms with van der Waals surface area (Å²) in [7, 11) is 3.87. The second-order valence-corrected chi connectivity index (χ2v) is 5.68. The smallest absolute Gasteiger partial charge is 0.319 e. The Hall–Kier alpha value is -2.83. The SMILES string of the molecule is Cc1nc(NCCNC(=O)Nc2ccccc2C)cc(N(C)C)n1. The molecule has 0 saturated heterocycles. The van der Waals surface area contributed by atoms with Crippen molar-refractivity contribution in [3.63, 3.8) is 0 Å². The van der Waals surface area contributed by atoms with E-state index in [9.17, 15) is 4.79 Å². The van der Waals surface area contributed by atoms with Crippen LogP contribution in [-0.4, -0.2) is 43.2 Å². The van der Waals surface area contributed by atoms with Gasteiger partial charge in [0.15, 0.2) is 0 Å². The zero-order chi connectivity index (χ0) is 17.5. The number of nitrogens with one attached hydrogen (secondary N) is 3. The molecule has 128 valence electrons. The maximum absolute atomic E-state index is 11.9. The zero-order valence-electron chi connectivity index (χ0n) is 14.6. The van der Waals surface area contributed by atoms with Gasteiger partial charge in [-0.2, -0.15) is 0 Å². The Morgan fingerprint density at radius 2 is 1.88 bits per heavy atom. The second-order valence-electron chi connectivity index (χ2n) is 5.68. The molecule has 1 heterocycles. The summed E-state index contributed by atoms with van der Waals surface area (Å²) in [6.45, 7) is 4.87. The predicted molar refractivity (Wildman–Crippen MR) is 97.8 cm³/mol. The summed E-state index contributed by atoms with van der Waals surface area (Å²) in [4.78, 5) is 22.5. The highest BCUT2D eigenvalue weighted by Crippen LogP contribution is 2.13. The Morgan fingerprint density at radius 3 is 2.58 bits per heavy atom. The van der Waals surface area contributed by atoms with E-state index in [-0.39, 0.29) is 6.03 Å². The number of urea groups is 1. The van der Waals surface area contributed by atoms with E-state index < -0.39 is 0 Å². The average molecular weight is 328 g/mol. The Morgan fingerprint density at radius 1 is 1.12 bits per heavy atom.